The summed E-state index contributed by atoms with van der Waals surface area (Å²) in [6.07, 6.45) is 1.84. The minimum Gasteiger partial charge on any atom is -0.481 e. The van der Waals surface area contributed by atoms with Gasteiger partial charge in [-0.1, -0.05) is 78.3 Å². The monoisotopic (exact) mass is 566 g/mol. The van der Waals surface area contributed by atoms with E-state index < -0.39 is 23.6 Å². The van der Waals surface area contributed by atoms with Crippen molar-refractivity contribution in [3.63, 3.8) is 0 Å². The molecule has 41 heavy (non-hydrogen) atoms. The van der Waals surface area contributed by atoms with E-state index in [2.05, 4.69) is 10.3 Å². The van der Waals surface area contributed by atoms with E-state index in [1.165, 1.54) is 0 Å². The van der Waals surface area contributed by atoms with Gasteiger partial charge in [0.2, 0.25) is 5.71 Å². The zero-order valence-corrected chi connectivity index (χ0v) is 23.2. The summed E-state index contributed by atoms with van der Waals surface area (Å²) in [6.45, 7) is 3.68. The number of nitrogens with one attached hydrogen (secondary N) is 1. The molecule has 1 fully saturated rings. The van der Waals surface area contributed by atoms with E-state index in [1.54, 1.807) is 19.2 Å². The third-order valence-corrected chi connectivity index (χ3v) is 7.96. The molecule has 7 nitrogen and oxygen atoms in total. The number of aliphatic carboxylic acids is 1. The lowest BCUT2D eigenvalue weighted by atomic mass is 9.93. The number of carbonyl (C=O) groups excluding carboxylic acids is 1. The van der Waals surface area contributed by atoms with E-state index in [1.807, 2.05) is 79.7 Å². The molecule has 2 heterocycles. The van der Waals surface area contributed by atoms with Crippen molar-refractivity contribution >= 4 is 40.5 Å². The van der Waals surface area contributed by atoms with Crippen molar-refractivity contribution in [2.24, 2.45) is 0 Å². The molecule has 0 saturated heterocycles. The SMILES string of the molecule is Cc1cnc2oc(-c3ccc(-c4ccc(C5(C(=O)O)CC5)cc4)cc3)c(NC(=O)O[C@H](C)c3ccccc3Cl)c2c1. The number of aryl methyl sites for hydroxylation is 1. The number of rotatable bonds is 7. The van der Waals surface area contributed by atoms with Crippen LogP contribution in [0.2, 0.25) is 5.02 Å². The molecule has 1 saturated carbocycles. The highest BCUT2D eigenvalue weighted by atomic mass is 35.5. The number of carbonyl (C=O) groups is 2. The second kappa shape index (κ2) is 10.4. The van der Waals surface area contributed by atoms with E-state index in [0.717, 1.165) is 27.8 Å². The molecule has 8 heteroatoms. The summed E-state index contributed by atoms with van der Waals surface area (Å²) in [6, 6.07) is 24.6. The average molecular weight is 567 g/mol. The van der Waals surface area contributed by atoms with Gasteiger partial charge in [0.1, 0.15) is 11.8 Å². The van der Waals surface area contributed by atoms with Crippen LogP contribution in [0.4, 0.5) is 10.5 Å². The smallest absolute Gasteiger partial charge is 0.412 e. The van der Waals surface area contributed by atoms with Crippen LogP contribution < -0.4 is 5.32 Å². The summed E-state index contributed by atoms with van der Waals surface area (Å²) in [5, 5.41) is 13.6. The number of pyridine rings is 1. The number of carboxylic acids is 1. The second-order valence-electron chi connectivity index (χ2n) is 10.4. The van der Waals surface area contributed by atoms with Gasteiger partial charge in [0.15, 0.2) is 5.76 Å². The van der Waals surface area contributed by atoms with Crippen molar-refractivity contribution in [3.05, 3.63) is 107 Å². The number of anilines is 1. The molecule has 2 aromatic heterocycles. The summed E-state index contributed by atoms with van der Waals surface area (Å²) in [5.41, 5.74) is 5.27. The van der Waals surface area contributed by atoms with Gasteiger partial charge in [-0.05, 0) is 61.1 Å². The van der Waals surface area contributed by atoms with Crippen LogP contribution >= 0.6 is 11.6 Å². The van der Waals surface area contributed by atoms with Gasteiger partial charge in [0.25, 0.3) is 0 Å². The number of ether oxygens (including phenoxy) is 1. The molecule has 1 aliphatic rings. The molecule has 206 valence electrons. The number of carboxylic acid groups (broad SMARTS) is 1. The fourth-order valence-electron chi connectivity index (χ4n) is 5.12. The molecule has 5 aromatic rings. The van der Waals surface area contributed by atoms with E-state index >= 15 is 0 Å². The first-order chi connectivity index (χ1) is 19.7. The molecule has 2 N–H and O–H groups in total. The Labute approximate surface area is 241 Å². The minimum atomic E-state index is -0.767. The number of hydrogen-bond acceptors (Lipinski definition) is 5. The lowest BCUT2D eigenvalue weighted by molar-refractivity contribution is -0.140. The van der Waals surface area contributed by atoms with Crippen LogP contribution in [-0.4, -0.2) is 22.2 Å². The van der Waals surface area contributed by atoms with Crippen molar-refractivity contribution < 1.29 is 23.8 Å². The Kier molecular flexibility index (Phi) is 6.75. The van der Waals surface area contributed by atoms with Crippen LogP contribution in [0.5, 0.6) is 0 Å². The highest BCUT2D eigenvalue weighted by molar-refractivity contribution is 6.31. The maximum Gasteiger partial charge on any atom is 0.412 e. The van der Waals surface area contributed by atoms with Crippen molar-refractivity contribution in [1.29, 1.82) is 0 Å². The summed E-state index contributed by atoms with van der Waals surface area (Å²) < 4.78 is 11.8. The molecule has 1 atom stereocenters. The lowest BCUT2D eigenvalue weighted by Crippen LogP contribution is -2.19. The van der Waals surface area contributed by atoms with E-state index in [-0.39, 0.29) is 0 Å². The topological polar surface area (TPSA) is 102 Å². The molecule has 6 rings (SSSR count). The maximum absolute atomic E-state index is 13.0. The van der Waals surface area contributed by atoms with E-state index in [9.17, 15) is 14.7 Å². The maximum atomic E-state index is 13.0. The van der Waals surface area contributed by atoms with Gasteiger partial charge in [0, 0.05) is 22.3 Å². The number of benzene rings is 3. The largest absolute Gasteiger partial charge is 0.481 e. The molecule has 1 amide bonds. The first-order valence-corrected chi connectivity index (χ1v) is 13.7. The third-order valence-electron chi connectivity index (χ3n) is 7.61. The van der Waals surface area contributed by atoms with Gasteiger partial charge in [0.05, 0.1) is 10.8 Å². The molecule has 0 spiro atoms. The molecule has 0 unspecified atom stereocenters. The van der Waals surface area contributed by atoms with Gasteiger partial charge in [-0.2, -0.15) is 0 Å². The molecule has 0 bridgehead atoms. The first-order valence-electron chi connectivity index (χ1n) is 13.3. The van der Waals surface area contributed by atoms with Gasteiger partial charge in [-0.3, -0.25) is 10.1 Å². The van der Waals surface area contributed by atoms with E-state index in [4.69, 9.17) is 20.8 Å². The Morgan fingerprint density at radius 2 is 1.63 bits per heavy atom. The standard InChI is InChI=1S/C33H27ClN2O5/c1-19-17-26-28(36-32(39)40-20(2)25-5-3-4-6-27(25)34)29(41-30(26)35-18-19)23-9-7-21(8-10-23)22-11-13-24(14-12-22)33(15-16-33)31(37)38/h3-14,17-18,20H,15-16H2,1-2H3,(H,36,39)(H,37,38)/t20-/m1/s1. The minimum absolute atomic E-state index is 0.396. The highest BCUT2D eigenvalue weighted by Crippen LogP contribution is 2.48. The number of fused-ring (bicyclic) bond motifs is 1. The average Bonchev–Trinajstić information content (AvgIpc) is 3.72. The molecule has 3 aromatic carbocycles. The number of aromatic nitrogens is 1. The summed E-state index contributed by atoms with van der Waals surface area (Å²) in [5.74, 6) is -0.309. The molecular formula is C33H27ClN2O5. The van der Waals surface area contributed by atoms with Gasteiger partial charge < -0.3 is 14.3 Å². The van der Waals surface area contributed by atoms with Gasteiger partial charge >= 0.3 is 12.1 Å². The molecule has 0 radical (unpaired) electrons. The van der Waals surface area contributed by atoms with Crippen molar-refractivity contribution in [3.8, 4) is 22.5 Å². The lowest BCUT2D eigenvalue weighted by Gasteiger charge is -2.15. The number of amides is 1. The van der Waals surface area contributed by atoms with Crippen LogP contribution in [0.3, 0.4) is 0 Å². The zero-order valence-electron chi connectivity index (χ0n) is 22.5. The Bertz CT molecular complexity index is 1770. The number of halogens is 1. The van der Waals surface area contributed by atoms with Crippen LogP contribution in [-0.2, 0) is 14.9 Å². The highest BCUT2D eigenvalue weighted by Gasteiger charge is 2.51. The normalized spacial score (nSPS) is 14.4. The van der Waals surface area contributed by atoms with Gasteiger partial charge in [-0.25, -0.2) is 9.78 Å². The Morgan fingerprint density at radius 3 is 2.27 bits per heavy atom. The number of furan rings is 1. The predicted molar refractivity (Wildman–Crippen MR) is 158 cm³/mol. The van der Waals surface area contributed by atoms with Crippen LogP contribution in [0.1, 0.15) is 42.6 Å². The summed E-state index contributed by atoms with van der Waals surface area (Å²) >= 11 is 6.29. The van der Waals surface area contributed by atoms with Crippen LogP contribution in [0, 0.1) is 6.92 Å². The van der Waals surface area contributed by atoms with Crippen molar-refractivity contribution in [2.75, 3.05) is 5.32 Å². The fourth-order valence-corrected chi connectivity index (χ4v) is 5.41. The Hall–Kier alpha value is -4.62. The zero-order chi connectivity index (χ0) is 28.7. The van der Waals surface area contributed by atoms with Crippen LogP contribution in [0.25, 0.3) is 33.6 Å². The molecule has 0 aliphatic heterocycles. The molecule has 1 aliphatic carbocycles. The summed E-state index contributed by atoms with van der Waals surface area (Å²) in [4.78, 5) is 29.1. The van der Waals surface area contributed by atoms with Crippen LogP contribution in [0.15, 0.2) is 89.5 Å². The Balaban J connectivity index is 1.28. The van der Waals surface area contributed by atoms with Gasteiger partial charge in [-0.15, -0.1) is 0 Å². The third kappa shape index (κ3) is 5.05. The van der Waals surface area contributed by atoms with Crippen molar-refractivity contribution in [2.45, 2.75) is 38.2 Å². The quantitative estimate of drug-likeness (QED) is 0.205. The fraction of sp³-hybridized carbons (Fsp3) is 0.182. The molecular weight excluding hydrogens is 540 g/mol. The van der Waals surface area contributed by atoms with Crippen molar-refractivity contribution in [1.82, 2.24) is 4.98 Å². The Morgan fingerprint density at radius 1 is 1.00 bits per heavy atom. The first kappa shape index (κ1) is 26.6. The number of hydrogen-bond donors (Lipinski definition) is 2. The number of nitrogens with zero attached hydrogens (tertiary/aromatic N) is 1. The van der Waals surface area contributed by atoms with E-state index in [0.29, 0.717) is 46.0 Å². The summed E-state index contributed by atoms with van der Waals surface area (Å²) in [7, 11) is 0. The predicted octanol–water partition coefficient (Wildman–Crippen LogP) is 8.55. The second-order valence-corrected chi connectivity index (χ2v) is 10.8.